The SMILES string of the molecule is CCC1CCN(C(=O)c2cc(C)[nH]n2)C(CN)C1. The lowest BCUT2D eigenvalue weighted by Crippen LogP contribution is -2.49. The van der Waals surface area contributed by atoms with Crippen LogP contribution >= 0.6 is 0 Å². The van der Waals surface area contributed by atoms with E-state index in [1.54, 1.807) is 6.07 Å². The number of aryl methyl sites for hydroxylation is 1. The summed E-state index contributed by atoms with van der Waals surface area (Å²) in [5.74, 6) is 0.702. The molecule has 1 amide bonds. The van der Waals surface area contributed by atoms with Gasteiger partial charge in [-0.1, -0.05) is 13.3 Å². The van der Waals surface area contributed by atoms with Gasteiger partial charge in [0.25, 0.3) is 5.91 Å². The number of hydrogen-bond donors (Lipinski definition) is 2. The monoisotopic (exact) mass is 250 g/mol. The minimum atomic E-state index is 0.00403. The highest BCUT2D eigenvalue weighted by Gasteiger charge is 2.31. The Morgan fingerprint density at radius 3 is 3.00 bits per heavy atom. The first-order valence-electron chi connectivity index (χ1n) is 6.68. The Morgan fingerprint density at radius 2 is 2.44 bits per heavy atom. The molecule has 1 aromatic rings. The van der Waals surface area contributed by atoms with Gasteiger partial charge < -0.3 is 10.6 Å². The van der Waals surface area contributed by atoms with E-state index in [9.17, 15) is 4.79 Å². The molecule has 5 heteroatoms. The summed E-state index contributed by atoms with van der Waals surface area (Å²) in [5, 5.41) is 6.85. The number of H-pyrrole nitrogens is 1. The van der Waals surface area contributed by atoms with Gasteiger partial charge in [0, 0.05) is 24.8 Å². The van der Waals surface area contributed by atoms with E-state index in [-0.39, 0.29) is 11.9 Å². The molecule has 0 aromatic carbocycles. The van der Waals surface area contributed by atoms with E-state index < -0.39 is 0 Å². The van der Waals surface area contributed by atoms with Gasteiger partial charge in [-0.2, -0.15) is 5.10 Å². The van der Waals surface area contributed by atoms with Gasteiger partial charge in [0.15, 0.2) is 0 Å². The number of rotatable bonds is 3. The van der Waals surface area contributed by atoms with Gasteiger partial charge >= 0.3 is 0 Å². The molecule has 0 bridgehead atoms. The fourth-order valence-electron chi connectivity index (χ4n) is 2.67. The molecule has 1 aliphatic rings. The van der Waals surface area contributed by atoms with Crippen molar-refractivity contribution in [3.8, 4) is 0 Å². The first-order valence-corrected chi connectivity index (χ1v) is 6.68. The molecule has 1 aliphatic heterocycles. The average Bonchev–Trinajstić information content (AvgIpc) is 2.83. The van der Waals surface area contributed by atoms with Gasteiger partial charge in [-0.15, -0.1) is 0 Å². The fraction of sp³-hybridized carbons (Fsp3) is 0.692. The molecule has 0 radical (unpaired) electrons. The smallest absolute Gasteiger partial charge is 0.274 e. The summed E-state index contributed by atoms with van der Waals surface area (Å²) in [7, 11) is 0. The Morgan fingerprint density at radius 1 is 1.67 bits per heavy atom. The van der Waals surface area contributed by atoms with Gasteiger partial charge in [-0.05, 0) is 31.7 Å². The van der Waals surface area contributed by atoms with Gasteiger partial charge in [-0.3, -0.25) is 9.89 Å². The number of nitrogens with one attached hydrogen (secondary N) is 1. The Hall–Kier alpha value is -1.36. The second-order valence-corrected chi connectivity index (χ2v) is 5.12. The molecule has 0 aliphatic carbocycles. The van der Waals surface area contributed by atoms with Crippen molar-refractivity contribution in [3.63, 3.8) is 0 Å². The van der Waals surface area contributed by atoms with Crippen LogP contribution in [0.5, 0.6) is 0 Å². The van der Waals surface area contributed by atoms with E-state index in [1.807, 2.05) is 11.8 Å². The van der Waals surface area contributed by atoms with Crippen LogP contribution in [0.25, 0.3) is 0 Å². The predicted octanol–water partition coefficient (Wildman–Crippen LogP) is 1.31. The lowest BCUT2D eigenvalue weighted by Gasteiger charge is -2.38. The number of aromatic nitrogens is 2. The molecule has 2 unspecified atom stereocenters. The van der Waals surface area contributed by atoms with Gasteiger partial charge in [-0.25, -0.2) is 0 Å². The average molecular weight is 250 g/mol. The number of nitrogens with zero attached hydrogens (tertiary/aromatic N) is 2. The number of nitrogens with two attached hydrogens (primary N) is 1. The molecule has 2 heterocycles. The minimum Gasteiger partial charge on any atom is -0.333 e. The normalized spacial score (nSPS) is 24.3. The summed E-state index contributed by atoms with van der Waals surface area (Å²) < 4.78 is 0. The van der Waals surface area contributed by atoms with Crippen molar-refractivity contribution in [2.75, 3.05) is 13.1 Å². The lowest BCUT2D eigenvalue weighted by atomic mass is 9.88. The van der Waals surface area contributed by atoms with Crippen molar-refractivity contribution in [1.82, 2.24) is 15.1 Å². The molecule has 5 nitrogen and oxygen atoms in total. The van der Waals surface area contributed by atoms with Crippen molar-refractivity contribution in [2.24, 2.45) is 11.7 Å². The second kappa shape index (κ2) is 5.52. The van der Waals surface area contributed by atoms with Crippen molar-refractivity contribution in [3.05, 3.63) is 17.5 Å². The van der Waals surface area contributed by atoms with E-state index in [4.69, 9.17) is 5.73 Å². The van der Waals surface area contributed by atoms with E-state index in [0.29, 0.717) is 18.2 Å². The predicted molar refractivity (Wildman–Crippen MR) is 70.2 cm³/mol. The third kappa shape index (κ3) is 2.56. The summed E-state index contributed by atoms with van der Waals surface area (Å²) >= 11 is 0. The van der Waals surface area contributed by atoms with Crippen LogP contribution in [-0.2, 0) is 0 Å². The summed E-state index contributed by atoms with van der Waals surface area (Å²) in [6, 6.07) is 1.95. The minimum absolute atomic E-state index is 0.00403. The third-order valence-corrected chi connectivity index (χ3v) is 3.86. The van der Waals surface area contributed by atoms with Gasteiger partial charge in [0.2, 0.25) is 0 Å². The van der Waals surface area contributed by atoms with E-state index in [2.05, 4.69) is 17.1 Å². The zero-order valence-electron chi connectivity index (χ0n) is 11.1. The lowest BCUT2D eigenvalue weighted by molar-refractivity contribution is 0.0552. The highest BCUT2D eigenvalue weighted by molar-refractivity contribution is 5.92. The molecule has 0 spiro atoms. The largest absolute Gasteiger partial charge is 0.333 e. The summed E-state index contributed by atoms with van der Waals surface area (Å²) in [4.78, 5) is 14.3. The van der Waals surface area contributed by atoms with Crippen LogP contribution in [0, 0.1) is 12.8 Å². The van der Waals surface area contributed by atoms with Crippen molar-refractivity contribution < 1.29 is 4.79 Å². The maximum absolute atomic E-state index is 12.4. The maximum Gasteiger partial charge on any atom is 0.274 e. The zero-order valence-corrected chi connectivity index (χ0v) is 11.1. The van der Waals surface area contributed by atoms with Gasteiger partial charge in [0.05, 0.1) is 0 Å². The summed E-state index contributed by atoms with van der Waals surface area (Å²) in [6.07, 6.45) is 3.25. The molecule has 2 rings (SSSR count). The van der Waals surface area contributed by atoms with Crippen molar-refractivity contribution in [1.29, 1.82) is 0 Å². The Labute approximate surface area is 108 Å². The molecule has 100 valence electrons. The molecule has 3 N–H and O–H groups in total. The number of hydrogen-bond acceptors (Lipinski definition) is 3. The highest BCUT2D eigenvalue weighted by atomic mass is 16.2. The number of piperidine rings is 1. The summed E-state index contributed by atoms with van der Waals surface area (Å²) in [5.41, 5.74) is 7.22. The van der Waals surface area contributed by atoms with Crippen LogP contribution in [-0.4, -0.2) is 40.1 Å². The summed E-state index contributed by atoms with van der Waals surface area (Å²) in [6.45, 7) is 5.43. The number of carbonyl (C=O) groups excluding carboxylic acids is 1. The number of aromatic amines is 1. The van der Waals surface area contributed by atoms with E-state index >= 15 is 0 Å². The second-order valence-electron chi connectivity index (χ2n) is 5.12. The molecule has 1 fully saturated rings. The number of likely N-dealkylation sites (tertiary alicyclic amines) is 1. The van der Waals surface area contributed by atoms with Crippen LogP contribution in [0.1, 0.15) is 42.4 Å². The Bertz CT molecular complexity index is 415. The first kappa shape index (κ1) is 13.1. The quantitative estimate of drug-likeness (QED) is 0.849. The Balaban J connectivity index is 2.10. The standard InChI is InChI=1S/C13H22N4O/c1-3-10-4-5-17(11(7-10)8-14)13(18)12-6-9(2)15-16-12/h6,10-11H,3-5,7-8,14H2,1-2H3,(H,15,16). The van der Waals surface area contributed by atoms with Crippen LogP contribution in [0.4, 0.5) is 0 Å². The molecule has 1 saturated heterocycles. The topological polar surface area (TPSA) is 75.0 Å². The Kier molecular flexibility index (Phi) is 4.01. The van der Waals surface area contributed by atoms with Crippen molar-refractivity contribution >= 4 is 5.91 Å². The molecule has 0 saturated carbocycles. The molecule has 18 heavy (non-hydrogen) atoms. The van der Waals surface area contributed by atoms with Crippen LogP contribution < -0.4 is 5.73 Å². The molecular weight excluding hydrogens is 228 g/mol. The number of carbonyl (C=O) groups is 1. The zero-order chi connectivity index (χ0) is 13.1. The van der Waals surface area contributed by atoms with Crippen LogP contribution in [0.15, 0.2) is 6.07 Å². The highest BCUT2D eigenvalue weighted by Crippen LogP contribution is 2.25. The van der Waals surface area contributed by atoms with E-state index in [0.717, 1.165) is 25.1 Å². The fourth-order valence-corrected chi connectivity index (χ4v) is 2.67. The van der Waals surface area contributed by atoms with Crippen molar-refractivity contribution in [2.45, 2.75) is 39.2 Å². The molecular formula is C13H22N4O. The van der Waals surface area contributed by atoms with Gasteiger partial charge in [0.1, 0.15) is 5.69 Å². The molecule has 1 aromatic heterocycles. The first-order chi connectivity index (χ1) is 8.65. The van der Waals surface area contributed by atoms with Crippen LogP contribution in [0.2, 0.25) is 0 Å². The maximum atomic E-state index is 12.4. The van der Waals surface area contributed by atoms with E-state index in [1.165, 1.54) is 6.42 Å². The molecule has 2 atom stereocenters. The number of amides is 1. The van der Waals surface area contributed by atoms with Crippen LogP contribution in [0.3, 0.4) is 0 Å². The third-order valence-electron chi connectivity index (χ3n) is 3.86.